The van der Waals surface area contributed by atoms with Gasteiger partial charge < -0.3 is 25.2 Å². The Kier molecular flexibility index (Phi) is 10.8. The average Bonchev–Trinajstić information content (AvgIpc) is 2.97. The Morgan fingerprint density at radius 1 is 0.933 bits per heavy atom. The summed E-state index contributed by atoms with van der Waals surface area (Å²) in [5.74, 6) is 1.61. The highest BCUT2D eigenvalue weighted by molar-refractivity contribution is 5.67. The van der Waals surface area contributed by atoms with Crippen LogP contribution in [-0.4, -0.2) is 30.5 Å². The maximum atomic E-state index is 12.3. The van der Waals surface area contributed by atoms with E-state index in [1.54, 1.807) is 7.11 Å². The number of phenols is 1. The molecule has 3 N–H and O–H groups in total. The summed E-state index contributed by atoms with van der Waals surface area (Å²) in [4.78, 5) is 12.3. The van der Waals surface area contributed by atoms with Gasteiger partial charge in [-0.2, -0.15) is 0 Å². The van der Waals surface area contributed by atoms with Crippen LogP contribution in [-0.2, 0) is 48.8 Å². The fraction of sp³-hybridized carbons (Fsp3) is 0.513. The van der Waals surface area contributed by atoms with Crippen LogP contribution in [0.4, 0.5) is 10.5 Å². The molecule has 1 aliphatic carbocycles. The number of hydrogen-bond acceptors (Lipinski definition) is 5. The van der Waals surface area contributed by atoms with Gasteiger partial charge in [-0.25, -0.2) is 4.79 Å². The lowest BCUT2D eigenvalue weighted by molar-refractivity contribution is 0.0528. The quantitative estimate of drug-likeness (QED) is 0.213. The van der Waals surface area contributed by atoms with Gasteiger partial charge in [0.2, 0.25) is 0 Å². The number of carbonyl (C=O) groups excluding carboxylic acids is 1. The largest absolute Gasteiger partial charge is 0.508 e. The molecule has 1 aliphatic rings. The second kappa shape index (κ2) is 14.2. The van der Waals surface area contributed by atoms with E-state index < -0.39 is 5.60 Å². The predicted octanol–water partition coefficient (Wildman–Crippen LogP) is 8.77. The van der Waals surface area contributed by atoms with Crippen LogP contribution in [0.2, 0.25) is 0 Å². The zero-order chi connectivity index (χ0) is 32.9. The van der Waals surface area contributed by atoms with E-state index >= 15 is 0 Å². The highest BCUT2D eigenvalue weighted by Gasteiger charge is 2.27. The second-order valence-electron chi connectivity index (χ2n) is 14.4. The lowest BCUT2D eigenvalue weighted by atomic mass is 9.77. The number of aromatic hydroxyl groups is 1. The Morgan fingerprint density at radius 2 is 1.67 bits per heavy atom. The standard InChI is InChI=1S/C39H54N2O4/c1-10-25-22-32(44-9)23-34(35(25)29-14-13-28-21-31(42)17-16-27(28)20-29)41-24-30-15-12-26(33(11-2)36(30)38(3,4)5)18-19-40-37(43)45-39(6,7)8/h12,15-17,21-23,29,41-42H,10-11,13-14,18-20,24H2,1-9H3,(H,40,43). The van der Waals surface area contributed by atoms with Gasteiger partial charge in [-0.15, -0.1) is 0 Å². The number of rotatable bonds is 10. The monoisotopic (exact) mass is 614 g/mol. The number of hydrogen-bond donors (Lipinski definition) is 3. The summed E-state index contributed by atoms with van der Waals surface area (Å²) in [5, 5.41) is 16.8. The molecule has 0 saturated carbocycles. The third-order valence-corrected chi connectivity index (χ3v) is 8.81. The third kappa shape index (κ3) is 8.53. The number of phenolic OH excluding ortho intramolecular Hbond substituents is 1. The normalized spacial score (nSPS) is 14.9. The van der Waals surface area contributed by atoms with Gasteiger partial charge in [-0.3, -0.25) is 0 Å². The average molecular weight is 615 g/mol. The van der Waals surface area contributed by atoms with Crippen LogP contribution in [0, 0.1) is 0 Å². The summed E-state index contributed by atoms with van der Waals surface area (Å²) in [6.45, 7) is 18.2. The fourth-order valence-corrected chi connectivity index (χ4v) is 6.97. The Morgan fingerprint density at radius 3 is 2.31 bits per heavy atom. The molecular formula is C39H54N2O4. The molecule has 0 radical (unpaired) electrons. The minimum absolute atomic E-state index is 0.0542. The molecule has 3 aromatic carbocycles. The molecular weight excluding hydrogens is 560 g/mol. The van der Waals surface area contributed by atoms with Gasteiger partial charge in [0.25, 0.3) is 0 Å². The van der Waals surface area contributed by atoms with Gasteiger partial charge in [0.15, 0.2) is 0 Å². The molecule has 0 heterocycles. The first-order valence-corrected chi connectivity index (χ1v) is 16.6. The van der Waals surface area contributed by atoms with Gasteiger partial charge in [0, 0.05) is 24.8 Å². The van der Waals surface area contributed by atoms with Crippen molar-refractivity contribution in [1.29, 1.82) is 0 Å². The van der Waals surface area contributed by atoms with Crippen molar-refractivity contribution < 1.29 is 19.4 Å². The molecule has 1 amide bonds. The van der Waals surface area contributed by atoms with Crippen LogP contribution in [0.1, 0.15) is 112 Å². The Labute approximate surface area is 270 Å². The molecule has 0 saturated heterocycles. The summed E-state index contributed by atoms with van der Waals surface area (Å²) in [5.41, 5.74) is 11.2. The van der Waals surface area contributed by atoms with Crippen molar-refractivity contribution in [3.05, 3.63) is 87.0 Å². The number of amides is 1. The van der Waals surface area contributed by atoms with Crippen LogP contribution in [0.3, 0.4) is 0 Å². The first-order chi connectivity index (χ1) is 21.2. The van der Waals surface area contributed by atoms with Crippen molar-refractivity contribution >= 4 is 11.8 Å². The summed E-state index contributed by atoms with van der Waals surface area (Å²) < 4.78 is 11.2. The summed E-state index contributed by atoms with van der Waals surface area (Å²) in [7, 11) is 1.74. The van der Waals surface area contributed by atoms with E-state index in [9.17, 15) is 9.90 Å². The first kappa shape index (κ1) is 34.2. The molecule has 6 heteroatoms. The lowest BCUT2D eigenvalue weighted by Crippen LogP contribution is -2.33. The maximum absolute atomic E-state index is 12.3. The Bertz CT molecular complexity index is 1500. The van der Waals surface area contributed by atoms with Gasteiger partial charge in [-0.05, 0) is 133 Å². The zero-order valence-electron chi connectivity index (χ0n) is 28.9. The van der Waals surface area contributed by atoms with Crippen molar-refractivity contribution in [3.63, 3.8) is 0 Å². The van der Waals surface area contributed by atoms with E-state index in [0.717, 1.165) is 50.0 Å². The molecule has 4 rings (SSSR count). The summed E-state index contributed by atoms with van der Waals surface area (Å²) >= 11 is 0. The summed E-state index contributed by atoms with van der Waals surface area (Å²) in [6.07, 6.45) is 5.19. The molecule has 45 heavy (non-hydrogen) atoms. The van der Waals surface area contributed by atoms with Gasteiger partial charge in [0.05, 0.1) is 7.11 Å². The molecule has 0 aromatic heterocycles. The Hall–Kier alpha value is -3.67. The number of carbonyl (C=O) groups is 1. The van der Waals surface area contributed by atoms with Gasteiger partial charge in [-0.1, -0.05) is 52.8 Å². The van der Waals surface area contributed by atoms with Crippen LogP contribution in [0.5, 0.6) is 11.5 Å². The highest BCUT2D eigenvalue weighted by Crippen LogP contribution is 2.41. The highest BCUT2D eigenvalue weighted by atomic mass is 16.6. The zero-order valence-corrected chi connectivity index (χ0v) is 28.9. The first-order valence-electron chi connectivity index (χ1n) is 16.6. The van der Waals surface area contributed by atoms with Crippen molar-refractivity contribution in [3.8, 4) is 11.5 Å². The molecule has 3 aromatic rings. The molecule has 0 spiro atoms. The minimum Gasteiger partial charge on any atom is -0.508 e. The smallest absolute Gasteiger partial charge is 0.407 e. The van der Waals surface area contributed by atoms with Crippen molar-refractivity contribution in [2.75, 3.05) is 19.0 Å². The molecule has 1 atom stereocenters. The topological polar surface area (TPSA) is 79.8 Å². The number of alkyl carbamates (subject to hydrolysis) is 1. The van der Waals surface area contributed by atoms with Crippen LogP contribution in [0.25, 0.3) is 0 Å². The molecule has 0 bridgehead atoms. The number of ether oxygens (including phenoxy) is 2. The molecule has 0 aliphatic heterocycles. The third-order valence-electron chi connectivity index (χ3n) is 8.81. The van der Waals surface area contributed by atoms with E-state index in [1.165, 1.54) is 44.5 Å². The lowest BCUT2D eigenvalue weighted by Gasteiger charge is -2.31. The second-order valence-corrected chi connectivity index (χ2v) is 14.4. The van der Waals surface area contributed by atoms with Crippen molar-refractivity contribution in [2.45, 2.75) is 117 Å². The molecule has 6 nitrogen and oxygen atoms in total. The van der Waals surface area contributed by atoms with E-state index in [4.69, 9.17) is 9.47 Å². The van der Waals surface area contributed by atoms with Gasteiger partial charge >= 0.3 is 6.09 Å². The van der Waals surface area contributed by atoms with Gasteiger partial charge in [0.1, 0.15) is 17.1 Å². The minimum atomic E-state index is -0.515. The van der Waals surface area contributed by atoms with E-state index in [-0.39, 0.29) is 11.5 Å². The van der Waals surface area contributed by atoms with Crippen molar-refractivity contribution in [2.24, 2.45) is 0 Å². The fourth-order valence-electron chi connectivity index (χ4n) is 6.97. The molecule has 1 unspecified atom stereocenters. The number of fused-ring (bicyclic) bond motifs is 1. The van der Waals surface area contributed by atoms with E-state index in [1.807, 2.05) is 32.9 Å². The maximum Gasteiger partial charge on any atom is 0.407 e. The Balaban J connectivity index is 1.63. The molecule has 244 valence electrons. The van der Waals surface area contributed by atoms with E-state index in [0.29, 0.717) is 24.8 Å². The SMILES string of the molecule is CCc1cc(OC)cc(NCc2ccc(CCNC(=O)OC(C)(C)C)c(CC)c2C(C)(C)C)c1C1CCc2cc(O)ccc2C1. The van der Waals surface area contributed by atoms with Crippen LogP contribution < -0.4 is 15.4 Å². The van der Waals surface area contributed by atoms with E-state index in [2.05, 4.69) is 75.6 Å². The number of benzene rings is 3. The summed E-state index contributed by atoms with van der Waals surface area (Å²) in [6, 6.07) is 14.7. The number of methoxy groups -OCH3 is 1. The number of nitrogens with one attached hydrogen (secondary N) is 2. The molecule has 0 fully saturated rings. The van der Waals surface area contributed by atoms with Crippen LogP contribution in [0.15, 0.2) is 42.5 Å². The number of aryl methyl sites for hydroxylation is 2. The van der Waals surface area contributed by atoms with Crippen molar-refractivity contribution in [1.82, 2.24) is 5.32 Å². The predicted molar refractivity (Wildman–Crippen MR) is 185 cm³/mol. The number of anilines is 1. The van der Waals surface area contributed by atoms with Crippen LogP contribution >= 0.6 is 0 Å².